The Morgan fingerprint density at radius 2 is 1.79 bits per heavy atom. The van der Waals surface area contributed by atoms with E-state index < -0.39 is 0 Å². The number of nitrogen functional groups attached to an aromatic ring is 1. The van der Waals surface area contributed by atoms with E-state index in [-0.39, 0.29) is 0 Å². The molecule has 0 bridgehead atoms. The molecular weight excluding hydrogens is 283 g/mol. The fourth-order valence-corrected chi connectivity index (χ4v) is 2.36. The fourth-order valence-electron chi connectivity index (χ4n) is 1.87. The largest absolute Gasteiger partial charge is 0.436 e. The van der Waals surface area contributed by atoms with Gasteiger partial charge in [-0.05, 0) is 36.8 Å². The van der Waals surface area contributed by atoms with Crippen molar-refractivity contribution >= 4 is 40.0 Å². The van der Waals surface area contributed by atoms with Crippen LogP contribution in [0.25, 0.3) is 22.6 Å². The summed E-state index contributed by atoms with van der Waals surface area (Å²) in [5.74, 6) is 0.476. The summed E-state index contributed by atoms with van der Waals surface area (Å²) in [4.78, 5) is 4.43. The SMILES string of the molecule is Cc1ccc2oc(-c3cc(Cl)c(N)c(Cl)c3)nc2c1. The molecule has 0 aliphatic rings. The molecule has 96 valence electrons. The first-order valence-corrected chi connectivity index (χ1v) is 6.42. The van der Waals surface area contributed by atoms with E-state index in [0.717, 1.165) is 16.7 Å². The second-order valence-electron chi connectivity index (χ2n) is 4.34. The summed E-state index contributed by atoms with van der Waals surface area (Å²) in [5, 5.41) is 0.780. The van der Waals surface area contributed by atoms with E-state index >= 15 is 0 Å². The monoisotopic (exact) mass is 292 g/mol. The number of aromatic nitrogens is 1. The van der Waals surface area contributed by atoms with E-state index in [9.17, 15) is 0 Å². The molecule has 0 fully saturated rings. The summed E-state index contributed by atoms with van der Waals surface area (Å²) in [6.45, 7) is 2.00. The van der Waals surface area contributed by atoms with Crippen LogP contribution in [0.1, 0.15) is 5.56 Å². The standard InChI is InChI=1S/C14H10Cl2N2O/c1-7-2-3-12-11(4-7)18-14(19-12)8-5-9(15)13(17)10(16)6-8/h2-6H,17H2,1H3. The molecule has 2 N–H and O–H groups in total. The highest BCUT2D eigenvalue weighted by atomic mass is 35.5. The number of oxazole rings is 1. The van der Waals surface area contributed by atoms with Crippen molar-refractivity contribution in [1.82, 2.24) is 4.98 Å². The Kier molecular flexibility index (Phi) is 2.88. The van der Waals surface area contributed by atoms with Gasteiger partial charge in [-0.3, -0.25) is 0 Å². The number of nitrogens with two attached hydrogens (primary N) is 1. The van der Waals surface area contributed by atoms with Crippen molar-refractivity contribution in [3.8, 4) is 11.5 Å². The zero-order valence-electron chi connectivity index (χ0n) is 10.1. The van der Waals surface area contributed by atoms with Crippen molar-refractivity contribution in [3.05, 3.63) is 45.9 Å². The Morgan fingerprint density at radius 3 is 2.47 bits per heavy atom. The van der Waals surface area contributed by atoms with E-state index in [0.29, 0.717) is 27.2 Å². The number of nitrogens with zero attached hydrogens (tertiary/aromatic N) is 1. The Balaban J connectivity index is 2.19. The summed E-state index contributed by atoms with van der Waals surface area (Å²) < 4.78 is 5.69. The average molecular weight is 293 g/mol. The lowest BCUT2D eigenvalue weighted by molar-refractivity contribution is 0.620. The number of aryl methyl sites for hydroxylation is 1. The Labute approximate surface area is 119 Å². The summed E-state index contributed by atoms with van der Waals surface area (Å²) in [6.07, 6.45) is 0. The molecule has 1 aromatic heterocycles. The Bertz CT molecular complexity index is 757. The van der Waals surface area contributed by atoms with Gasteiger partial charge in [0.1, 0.15) is 5.52 Å². The van der Waals surface area contributed by atoms with Crippen LogP contribution in [0.2, 0.25) is 10.0 Å². The molecule has 19 heavy (non-hydrogen) atoms. The van der Waals surface area contributed by atoms with E-state index in [1.54, 1.807) is 12.1 Å². The molecule has 5 heteroatoms. The van der Waals surface area contributed by atoms with Gasteiger partial charge in [0.05, 0.1) is 15.7 Å². The van der Waals surface area contributed by atoms with Crippen LogP contribution in [0.3, 0.4) is 0 Å². The third-order valence-electron chi connectivity index (χ3n) is 2.87. The third kappa shape index (κ3) is 2.15. The number of halogens is 2. The molecule has 0 amide bonds. The zero-order chi connectivity index (χ0) is 13.6. The van der Waals surface area contributed by atoms with Crippen LogP contribution in [-0.4, -0.2) is 4.98 Å². The first-order valence-electron chi connectivity index (χ1n) is 5.66. The highest BCUT2D eigenvalue weighted by molar-refractivity contribution is 6.39. The molecule has 0 saturated carbocycles. The van der Waals surface area contributed by atoms with Gasteiger partial charge in [0.25, 0.3) is 0 Å². The quantitative estimate of drug-likeness (QED) is 0.662. The van der Waals surface area contributed by atoms with Crippen LogP contribution in [0, 0.1) is 6.92 Å². The molecule has 3 nitrogen and oxygen atoms in total. The van der Waals surface area contributed by atoms with Gasteiger partial charge in [0, 0.05) is 5.56 Å². The van der Waals surface area contributed by atoms with Crippen molar-refractivity contribution in [3.63, 3.8) is 0 Å². The van der Waals surface area contributed by atoms with E-state index in [2.05, 4.69) is 4.98 Å². The molecule has 3 aromatic rings. The van der Waals surface area contributed by atoms with Crippen LogP contribution in [0.4, 0.5) is 5.69 Å². The van der Waals surface area contributed by atoms with E-state index in [1.165, 1.54) is 0 Å². The number of benzene rings is 2. The van der Waals surface area contributed by atoms with Gasteiger partial charge in [-0.2, -0.15) is 0 Å². The summed E-state index contributed by atoms with van der Waals surface area (Å²) in [5.41, 5.74) is 9.43. The Morgan fingerprint density at radius 1 is 1.11 bits per heavy atom. The smallest absolute Gasteiger partial charge is 0.227 e. The van der Waals surface area contributed by atoms with Crippen LogP contribution < -0.4 is 5.73 Å². The highest BCUT2D eigenvalue weighted by Gasteiger charge is 2.12. The normalized spacial score (nSPS) is 11.1. The maximum Gasteiger partial charge on any atom is 0.227 e. The average Bonchev–Trinajstić information content (AvgIpc) is 2.78. The second-order valence-corrected chi connectivity index (χ2v) is 5.16. The van der Waals surface area contributed by atoms with Crippen molar-refractivity contribution < 1.29 is 4.42 Å². The third-order valence-corrected chi connectivity index (χ3v) is 3.49. The summed E-state index contributed by atoms with van der Waals surface area (Å²) in [6, 6.07) is 9.21. The number of anilines is 1. The van der Waals surface area contributed by atoms with Gasteiger partial charge in [-0.1, -0.05) is 29.3 Å². The first-order chi connectivity index (χ1) is 9.04. The lowest BCUT2D eigenvalue weighted by atomic mass is 10.2. The van der Waals surface area contributed by atoms with E-state index in [4.69, 9.17) is 33.4 Å². The minimum atomic E-state index is 0.360. The molecule has 3 rings (SSSR count). The van der Waals surface area contributed by atoms with Crippen molar-refractivity contribution in [1.29, 1.82) is 0 Å². The Hall–Kier alpha value is -1.71. The highest BCUT2D eigenvalue weighted by Crippen LogP contribution is 2.34. The molecular formula is C14H10Cl2N2O. The van der Waals surface area contributed by atoms with Crippen molar-refractivity contribution in [2.75, 3.05) is 5.73 Å². The van der Waals surface area contributed by atoms with Crippen molar-refractivity contribution in [2.24, 2.45) is 0 Å². The first kappa shape index (κ1) is 12.3. The molecule has 0 saturated heterocycles. The van der Waals surface area contributed by atoms with E-state index in [1.807, 2.05) is 25.1 Å². The number of fused-ring (bicyclic) bond motifs is 1. The predicted molar refractivity (Wildman–Crippen MR) is 78.6 cm³/mol. The van der Waals surface area contributed by atoms with Gasteiger partial charge in [0.15, 0.2) is 5.58 Å². The number of hydrogen-bond acceptors (Lipinski definition) is 3. The zero-order valence-corrected chi connectivity index (χ0v) is 11.6. The summed E-state index contributed by atoms with van der Waals surface area (Å²) >= 11 is 12.0. The molecule has 0 aliphatic carbocycles. The van der Waals surface area contributed by atoms with Gasteiger partial charge in [-0.25, -0.2) is 4.98 Å². The lowest BCUT2D eigenvalue weighted by Crippen LogP contribution is -1.89. The van der Waals surface area contributed by atoms with Crippen molar-refractivity contribution in [2.45, 2.75) is 6.92 Å². The molecule has 2 aromatic carbocycles. The number of rotatable bonds is 1. The van der Waals surface area contributed by atoms with Crippen LogP contribution in [0.15, 0.2) is 34.7 Å². The summed E-state index contributed by atoms with van der Waals surface area (Å²) in [7, 11) is 0. The van der Waals surface area contributed by atoms with Gasteiger partial charge in [-0.15, -0.1) is 0 Å². The fraction of sp³-hybridized carbons (Fsp3) is 0.0714. The van der Waals surface area contributed by atoms with Crippen LogP contribution in [-0.2, 0) is 0 Å². The number of hydrogen-bond donors (Lipinski definition) is 1. The minimum absolute atomic E-state index is 0.360. The predicted octanol–water partition coefficient (Wildman–Crippen LogP) is 4.69. The lowest BCUT2D eigenvalue weighted by Gasteiger charge is -2.03. The molecule has 1 heterocycles. The second kappa shape index (κ2) is 4.44. The van der Waals surface area contributed by atoms with Gasteiger partial charge in [0.2, 0.25) is 5.89 Å². The van der Waals surface area contributed by atoms with Gasteiger partial charge >= 0.3 is 0 Å². The molecule has 0 spiro atoms. The molecule has 0 radical (unpaired) electrons. The molecule has 0 unspecified atom stereocenters. The molecule has 0 aliphatic heterocycles. The topological polar surface area (TPSA) is 52.0 Å². The minimum Gasteiger partial charge on any atom is -0.436 e. The van der Waals surface area contributed by atoms with Crippen LogP contribution in [0.5, 0.6) is 0 Å². The molecule has 0 atom stereocenters. The van der Waals surface area contributed by atoms with Gasteiger partial charge < -0.3 is 10.2 Å². The maximum absolute atomic E-state index is 6.01. The van der Waals surface area contributed by atoms with Crippen LogP contribution >= 0.6 is 23.2 Å². The maximum atomic E-state index is 6.01.